The Kier molecular flexibility index (Phi) is 5.69. The van der Waals surface area contributed by atoms with Crippen LogP contribution in [0.5, 0.6) is 0 Å². The fourth-order valence-corrected chi connectivity index (χ4v) is 4.48. The molecular formula is C21H20ClN3O3S. The first kappa shape index (κ1) is 19.7. The number of carbonyl (C=O) groups is 2. The third-order valence-corrected chi connectivity index (χ3v) is 6.35. The molecular weight excluding hydrogens is 410 g/mol. The van der Waals surface area contributed by atoms with E-state index in [0.717, 1.165) is 10.4 Å². The Balaban J connectivity index is 1.34. The molecule has 3 aromatic rings. The van der Waals surface area contributed by atoms with Crippen LogP contribution in [0.3, 0.4) is 0 Å². The lowest BCUT2D eigenvalue weighted by molar-refractivity contribution is -0.121. The monoisotopic (exact) mass is 429 g/mol. The van der Waals surface area contributed by atoms with E-state index in [1.807, 2.05) is 41.3 Å². The lowest BCUT2D eigenvalue weighted by Crippen LogP contribution is -2.41. The van der Waals surface area contributed by atoms with Crippen LogP contribution in [-0.2, 0) is 4.79 Å². The maximum Gasteiger partial charge on any atom is 0.263 e. The van der Waals surface area contributed by atoms with Crippen LogP contribution in [-0.4, -0.2) is 35.0 Å². The Morgan fingerprint density at radius 2 is 1.90 bits per heavy atom. The number of aryl methyl sites for hydroxylation is 1. The van der Waals surface area contributed by atoms with Gasteiger partial charge in [-0.1, -0.05) is 28.9 Å². The molecule has 1 N–H and O–H groups in total. The van der Waals surface area contributed by atoms with Gasteiger partial charge in [-0.2, -0.15) is 0 Å². The fourth-order valence-electron chi connectivity index (χ4n) is 3.38. The molecule has 0 unspecified atom stereocenters. The molecule has 2 aromatic heterocycles. The van der Waals surface area contributed by atoms with Crippen LogP contribution in [0.15, 0.2) is 47.0 Å². The van der Waals surface area contributed by atoms with Crippen LogP contribution in [0, 0.1) is 12.8 Å². The molecule has 0 aliphatic carbocycles. The smallest absolute Gasteiger partial charge is 0.263 e. The van der Waals surface area contributed by atoms with Gasteiger partial charge in [0.2, 0.25) is 5.91 Å². The van der Waals surface area contributed by atoms with Crippen LogP contribution in [0.2, 0.25) is 5.02 Å². The highest BCUT2D eigenvalue weighted by Crippen LogP contribution is 2.30. The number of hydrogen-bond acceptors (Lipinski definition) is 5. The first-order valence-corrected chi connectivity index (χ1v) is 10.6. The number of benzene rings is 1. The minimum absolute atomic E-state index is 0.0150. The van der Waals surface area contributed by atoms with Gasteiger partial charge in [-0.15, -0.1) is 11.3 Å². The Labute approximate surface area is 177 Å². The molecule has 0 atom stereocenters. The zero-order chi connectivity index (χ0) is 20.4. The van der Waals surface area contributed by atoms with Crippen LogP contribution in [0.4, 0.5) is 5.82 Å². The van der Waals surface area contributed by atoms with Gasteiger partial charge in [0.05, 0.1) is 4.88 Å². The summed E-state index contributed by atoms with van der Waals surface area (Å²) in [5, 5.41) is 7.25. The molecule has 29 heavy (non-hydrogen) atoms. The van der Waals surface area contributed by atoms with E-state index < -0.39 is 0 Å². The minimum Gasteiger partial charge on any atom is -0.360 e. The second kappa shape index (κ2) is 8.39. The Hall–Kier alpha value is -2.64. The first-order valence-electron chi connectivity index (χ1n) is 9.39. The lowest BCUT2D eigenvalue weighted by atomic mass is 9.96. The quantitative estimate of drug-likeness (QED) is 0.642. The molecule has 2 amide bonds. The fraction of sp³-hybridized carbons (Fsp3) is 0.286. The standard InChI is InChI=1S/C21H20ClN3O3S/c1-13-12-19(24-28-13)23-20(26)15-8-10-25(11-9-15)21(27)18-7-6-17(29-18)14-2-4-16(22)5-3-14/h2-7,12,15H,8-11H2,1H3,(H,23,24,26). The van der Waals surface area contributed by atoms with Crippen LogP contribution < -0.4 is 5.32 Å². The number of aromatic nitrogens is 1. The molecule has 1 fully saturated rings. The van der Waals surface area contributed by atoms with Gasteiger partial charge in [0, 0.05) is 35.0 Å². The van der Waals surface area contributed by atoms with E-state index in [9.17, 15) is 9.59 Å². The molecule has 1 aliphatic heterocycles. The summed E-state index contributed by atoms with van der Waals surface area (Å²) in [5.41, 5.74) is 1.04. The second-order valence-corrected chi connectivity index (χ2v) is 8.57. The molecule has 0 radical (unpaired) electrons. The zero-order valence-corrected chi connectivity index (χ0v) is 17.4. The van der Waals surface area contributed by atoms with Gasteiger partial charge in [-0.25, -0.2) is 0 Å². The molecule has 0 spiro atoms. The highest BCUT2D eigenvalue weighted by molar-refractivity contribution is 7.17. The maximum absolute atomic E-state index is 12.9. The molecule has 8 heteroatoms. The van der Waals surface area contributed by atoms with E-state index in [1.54, 1.807) is 13.0 Å². The number of halogens is 1. The van der Waals surface area contributed by atoms with E-state index in [4.69, 9.17) is 16.1 Å². The van der Waals surface area contributed by atoms with Crippen LogP contribution >= 0.6 is 22.9 Å². The average molecular weight is 430 g/mol. The summed E-state index contributed by atoms with van der Waals surface area (Å²) >= 11 is 7.42. The predicted molar refractivity (Wildman–Crippen MR) is 113 cm³/mol. The number of amides is 2. The number of nitrogens with one attached hydrogen (secondary N) is 1. The number of carbonyl (C=O) groups excluding carboxylic acids is 2. The van der Waals surface area contributed by atoms with E-state index in [0.29, 0.717) is 47.4 Å². The second-order valence-electron chi connectivity index (χ2n) is 7.05. The number of rotatable bonds is 4. The first-order chi connectivity index (χ1) is 14.0. The molecule has 0 saturated carbocycles. The Bertz CT molecular complexity index is 1020. The van der Waals surface area contributed by atoms with Gasteiger partial charge >= 0.3 is 0 Å². The minimum atomic E-state index is -0.135. The number of nitrogens with zero attached hydrogens (tertiary/aromatic N) is 2. The molecule has 1 aliphatic rings. The highest BCUT2D eigenvalue weighted by atomic mass is 35.5. The molecule has 1 aromatic carbocycles. The highest BCUT2D eigenvalue weighted by Gasteiger charge is 2.29. The number of piperidine rings is 1. The number of anilines is 1. The van der Waals surface area contributed by atoms with Crippen molar-refractivity contribution in [2.75, 3.05) is 18.4 Å². The van der Waals surface area contributed by atoms with E-state index in [-0.39, 0.29) is 17.7 Å². The van der Waals surface area contributed by atoms with Gasteiger partial charge in [0.1, 0.15) is 5.76 Å². The lowest BCUT2D eigenvalue weighted by Gasteiger charge is -2.30. The van der Waals surface area contributed by atoms with Crippen molar-refractivity contribution in [2.24, 2.45) is 5.92 Å². The molecule has 1 saturated heterocycles. The van der Waals surface area contributed by atoms with Crippen LogP contribution in [0.25, 0.3) is 10.4 Å². The van der Waals surface area contributed by atoms with Gasteiger partial charge in [0.15, 0.2) is 5.82 Å². The summed E-state index contributed by atoms with van der Waals surface area (Å²) in [4.78, 5) is 28.8. The predicted octanol–water partition coefficient (Wildman–Crippen LogP) is 4.86. The normalized spacial score (nSPS) is 14.8. The van der Waals surface area contributed by atoms with Gasteiger partial charge < -0.3 is 14.7 Å². The molecule has 3 heterocycles. The Morgan fingerprint density at radius 1 is 1.17 bits per heavy atom. The van der Waals surface area contributed by atoms with E-state index >= 15 is 0 Å². The molecule has 150 valence electrons. The van der Waals surface area contributed by atoms with Crippen molar-refractivity contribution in [3.8, 4) is 10.4 Å². The van der Waals surface area contributed by atoms with Gasteiger partial charge in [0.25, 0.3) is 5.91 Å². The van der Waals surface area contributed by atoms with Crippen molar-refractivity contribution in [3.63, 3.8) is 0 Å². The van der Waals surface area contributed by atoms with Crippen molar-refractivity contribution in [1.29, 1.82) is 0 Å². The van der Waals surface area contributed by atoms with Gasteiger partial charge in [-0.05, 0) is 49.6 Å². The summed E-state index contributed by atoms with van der Waals surface area (Å²) in [6.45, 7) is 2.89. The summed E-state index contributed by atoms with van der Waals surface area (Å²) < 4.78 is 4.97. The van der Waals surface area contributed by atoms with Gasteiger partial charge in [-0.3, -0.25) is 9.59 Å². The number of hydrogen-bond donors (Lipinski definition) is 1. The van der Waals surface area contributed by atoms with Crippen molar-refractivity contribution in [2.45, 2.75) is 19.8 Å². The zero-order valence-electron chi connectivity index (χ0n) is 15.9. The van der Waals surface area contributed by atoms with Crippen molar-refractivity contribution in [1.82, 2.24) is 10.1 Å². The maximum atomic E-state index is 12.9. The molecule has 4 rings (SSSR count). The van der Waals surface area contributed by atoms with Crippen molar-refractivity contribution < 1.29 is 14.1 Å². The summed E-state index contributed by atoms with van der Waals surface area (Å²) in [6, 6.07) is 13.1. The topological polar surface area (TPSA) is 75.4 Å². The third-order valence-electron chi connectivity index (χ3n) is 4.98. The van der Waals surface area contributed by atoms with E-state index in [1.165, 1.54) is 11.3 Å². The number of likely N-dealkylation sites (tertiary alicyclic amines) is 1. The summed E-state index contributed by atoms with van der Waals surface area (Å²) in [6.07, 6.45) is 1.26. The SMILES string of the molecule is Cc1cc(NC(=O)C2CCN(C(=O)c3ccc(-c4ccc(Cl)cc4)s3)CC2)no1. The number of thiophene rings is 1. The van der Waals surface area contributed by atoms with Crippen molar-refractivity contribution in [3.05, 3.63) is 58.1 Å². The average Bonchev–Trinajstić information content (AvgIpc) is 3.37. The third kappa shape index (κ3) is 4.52. The Morgan fingerprint density at radius 3 is 2.55 bits per heavy atom. The summed E-state index contributed by atoms with van der Waals surface area (Å²) in [5.74, 6) is 0.880. The van der Waals surface area contributed by atoms with Crippen LogP contribution in [0.1, 0.15) is 28.3 Å². The van der Waals surface area contributed by atoms with E-state index in [2.05, 4.69) is 10.5 Å². The summed E-state index contributed by atoms with van der Waals surface area (Å²) in [7, 11) is 0. The molecule has 0 bridgehead atoms. The largest absolute Gasteiger partial charge is 0.360 e. The molecule has 6 nitrogen and oxygen atoms in total. The van der Waals surface area contributed by atoms with Crippen molar-refractivity contribution >= 4 is 40.6 Å².